The summed E-state index contributed by atoms with van der Waals surface area (Å²) in [6, 6.07) is 31.0. The number of carbonyl (C=O) groups is 1. The summed E-state index contributed by atoms with van der Waals surface area (Å²) in [6.45, 7) is 0. The van der Waals surface area contributed by atoms with E-state index in [1.807, 2.05) is 59.1 Å². The van der Waals surface area contributed by atoms with Gasteiger partial charge in [-0.1, -0.05) is 66.7 Å². The van der Waals surface area contributed by atoms with Crippen LogP contribution in [-0.4, -0.2) is 11.2 Å². The molecule has 0 N–H and O–H groups in total. The normalized spacial score (nSPS) is 20.2. The molecule has 0 radical (unpaired) electrons. The highest BCUT2D eigenvalue weighted by atomic mass is 32.2. The number of thioether (sulfide) groups is 1. The summed E-state index contributed by atoms with van der Waals surface area (Å²) >= 11 is 1.87. The zero-order valence-corrected chi connectivity index (χ0v) is 15.3. The molecule has 4 rings (SSSR count). The van der Waals surface area contributed by atoms with Crippen molar-refractivity contribution in [3.8, 4) is 0 Å². The second kappa shape index (κ2) is 7.79. The number of benzene rings is 3. The minimum atomic E-state index is 0.0325. The number of carbonyl (C=O) groups excluding carboxylic acids is 1. The predicted octanol–water partition coefficient (Wildman–Crippen LogP) is 5.72. The van der Waals surface area contributed by atoms with Crippen LogP contribution in [0.15, 0.2) is 95.9 Å². The number of hydrogen-bond donors (Lipinski definition) is 0. The van der Waals surface area contributed by atoms with Gasteiger partial charge in [-0.2, -0.15) is 0 Å². The molecule has 26 heavy (non-hydrogen) atoms. The highest BCUT2D eigenvalue weighted by Gasteiger charge is 2.38. The molecule has 3 aromatic rings. The van der Waals surface area contributed by atoms with Gasteiger partial charge in [0.15, 0.2) is 0 Å². The summed E-state index contributed by atoms with van der Waals surface area (Å²) in [5.41, 5.74) is 2.17. The lowest BCUT2D eigenvalue weighted by Gasteiger charge is -2.41. The highest BCUT2D eigenvalue weighted by molar-refractivity contribution is 8.00. The van der Waals surface area contributed by atoms with Gasteiger partial charge in [-0.05, 0) is 36.2 Å². The Kier molecular flexibility index (Phi) is 5.07. The molecule has 3 heteroatoms. The first-order valence-corrected chi connectivity index (χ1v) is 9.84. The largest absolute Gasteiger partial charge is 0.304 e. The number of anilines is 1. The summed E-state index contributed by atoms with van der Waals surface area (Å²) < 4.78 is 0. The van der Waals surface area contributed by atoms with Gasteiger partial charge in [-0.3, -0.25) is 4.79 Å². The van der Waals surface area contributed by atoms with Crippen LogP contribution in [0.25, 0.3) is 0 Å². The van der Waals surface area contributed by atoms with Crippen LogP contribution < -0.4 is 4.90 Å². The number of amides is 1. The van der Waals surface area contributed by atoms with Gasteiger partial charge in [-0.25, -0.2) is 0 Å². The first-order chi connectivity index (χ1) is 12.8. The summed E-state index contributed by atoms with van der Waals surface area (Å²) in [5, 5.41) is 0.317. The van der Waals surface area contributed by atoms with E-state index >= 15 is 0 Å². The molecule has 0 spiro atoms. The van der Waals surface area contributed by atoms with E-state index < -0.39 is 0 Å². The highest BCUT2D eigenvalue weighted by Crippen LogP contribution is 2.43. The summed E-state index contributed by atoms with van der Waals surface area (Å²) in [4.78, 5) is 16.1. The van der Waals surface area contributed by atoms with Crippen LogP contribution >= 0.6 is 11.8 Å². The molecular weight excluding hydrogens is 338 g/mol. The standard InChI is InChI=1S/C23H21NOS/c25-22-17-16-21(26-20-14-8-3-9-15-20)23(18-10-4-1-5-11-18)24(22)19-12-6-2-7-13-19/h1-15,21,23H,16-17H2. The molecule has 1 saturated heterocycles. The molecule has 1 aliphatic heterocycles. The maximum Gasteiger partial charge on any atom is 0.227 e. The maximum absolute atomic E-state index is 12.9. The second-order valence-corrected chi connectivity index (χ2v) is 7.78. The lowest BCUT2D eigenvalue weighted by molar-refractivity contribution is -0.120. The van der Waals surface area contributed by atoms with E-state index in [9.17, 15) is 4.79 Å². The first kappa shape index (κ1) is 16.9. The van der Waals surface area contributed by atoms with Crippen molar-refractivity contribution in [2.45, 2.75) is 29.0 Å². The molecule has 1 amide bonds. The molecule has 0 bridgehead atoms. The zero-order valence-electron chi connectivity index (χ0n) is 14.5. The van der Waals surface area contributed by atoms with Crippen molar-refractivity contribution in [2.75, 3.05) is 4.90 Å². The minimum absolute atomic E-state index is 0.0325. The molecule has 1 fully saturated rings. The van der Waals surface area contributed by atoms with Crippen LogP contribution in [0, 0.1) is 0 Å². The van der Waals surface area contributed by atoms with Crippen LogP contribution in [0.5, 0.6) is 0 Å². The fourth-order valence-corrected chi connectivity index (χ4v) is 4.88. The number of piperidine rings is 1. The van der Waals surface area contributed by atoms with Gasteiger partial charge in [0.25, 0.3) is 0 Å². The smallest absolute Gasteiger partial charge is 0.227 e. The zero-order chi connectivity index (χ0) is 17.8. The van der Waals surface area contributed by atoms with E-state index in [1.165, 1.54) is 10.5 Å². The Morgan fingerprint density at radius 3 is 2.00 bits per heavy atom. The van der Waals surface area contributed by atoms with Gasteiger partial charge < -0.3 is 4.90 Å². The van der Waals surface area contributed by atoms with E-state index in [4.69, 9.17) is 0 Å². The molecule has 0 aromatic heterocycles. The van der Waals surface area contributed by atoms with Crippen molar-refractivity contribution in [3.63, 3.8) is 0 Å². The third-order valence-corrected chi connectivity index (χ3v) is 6.09. The quantitative estimate of drug-likeness (QED) is 0.594. The van der Waals surface area contributed by atoms with Crippen LogP contribution in [0.4, 0.5) is 5.69 Å². The molecule has 1 heterocycles. The Hall–Kier alpha value is -2.52. The molecular formula is C23H21NOS. The summed E-state index contributed by atoms with van der Waals surface area (Å²) in [7, 11) is 0. The molecule has 1 aliphatic rings. The van der Waals surface area contributed by atoms with Crippen molar-refractivity contribution in [1.29, 1.82) is 0 Å². The Morgan fingerprint density at radius 1 is 0.769 bits per heavy atom. The summed E-state index contributed by atoms with van der Waals surface area (Å²) in [6.07, 6.45) is 1.48. The second-order valence-electron chi connectivity index (χ2n) is 6.46. The van der Waals surface area contributed by atoms with Crippen molar-refractivity contribution < 1.29 is 4.79 Å². The fraction of sp³-hybridized carbons (Fsp3) is 0.174. The Balaban J connectivity index is 1.74. The van der Waals surface area contributed by atoms with E-state index in [0.29, 0.717) is 11.7 Å². The molecule has 2 nitrogen and oxygen atoms in total. The molecule has 2 atom stereocenters. The van der Waals surface area contributed by atoms with Gasteiger partial charge in [0.2, 0.25) is 5.91 Å². The summed E-state index contributed by atoms with van der Waals surface area (Å²) in [5.74, 6) is 0.204. The van der Waals surface area contributed by atoms with Crippen LogP contribution in [0.3, 0.4) is 0 Å². The van der Waals surface area contributed by atoms with E-state index in [2.05, 4.69) is 48.5 Å². The van der Waals surface area contributed by atoms with Crippen LogP contribution in [-0.2, 0) is 4.79 Å². The van der Waals surface area contributed by atoms with Crippen molar-refractivity contribution >= 4 is 23.4 Å². The lowest BCUT2D eigenvalue weighted by Crippen LogP contribution is -2.44. The van der Waals surface area contributed by atoms with E-state index in [0.717, 1.165) is 12.1 Å². The SMILES string of the molecule is O=C1CCC(Sc2ccccc2)C(c2ccccc2)N1c1ccccc1. The number of rotatable bonds is 4. The fourth-order valence-electron chi connectivity index (χ4n) is 3.57. The van der Waals surface area contributed by atoms with Crippen LogP contribution in [0.1, 0.15) is 24.4 Å². The maximum atomic E-state index is 12.9. The Morgan fingerprint density at radius 2 is 1.35 bits per heavy atom. The molecule has 0 saturated carbocycles. The number of hydrogen-bond acceptors (Lipinski definition) is 2. The third kappa shape index (κ3) is 3.54. The van der Waals surface area contributed by atoms with Crippen LogP contribution in [0.2, 0.25) is 0 Å². The molecule has 130 valence electrons. The van der Waals surface area contributed by atoms with E-state index in [-0.39, 0.29) is 11.9 Å². The van der Waals surface area contributed by atoms with Crippen molar-refractivity contribution in [2.24, 2.45) is 0 Å². The van der Waals surface area contributed by atoms with Gasteiger partial charge in [0.1, 0.15) is 0 Å². The third-order valence-electron chi connectivity index (χ3n) is 4.75. The minimum Gasteiger partial charge on any atom is -0.304 e. The van der Waals surface area contributed by atoms with E-state index in [1.54, 1.807) is 0 Å². The lowest BCUT2D eigenvalue weighted by atomic mass is 9.93. The molecule has 0 aliphatic carbocycles. The topological polar surface area (TPSA) is 20.3 Å². The van der Waals surface area contributed by atoms with Gasteiger partial charge >= 0.3 is 0 Å². The van der Waals surface area contributed by atoms with Crippen molar-refractivity contribution in [1.82, 2.24) is 0 Å². The Labute approximate surface area is 158 Å². The number of nitrogens with zero attached hydrogens (tertiary/aromatic N) is 1. The predicted molar refractivity (Wildman–Crippen MR) is 108 cm³/mol. The van der Waals surface area contributed by atoms with Gasteiger partial charge in [0, 0.05) is 22.3 Å². The average molecular weight is 359 g/mol. The number of para-hydroxylation sites is 1. The van der Waals surface area contributed by atoms with Crippen molar-refractivity contribution in [3.05, 3.63) is 96.6 Å². The molecule has 3 aromatic carbocycles. The average Bonchev–Trinajstić information content (AvgIpc) is 2.71. The van der Waals surface area contributed by atoms with Gasteiger partial charge in [-0.15, -0.1) is 11.8 Å². The first-order valence-electron chi connectivity index (χ1n) is 8.97. The monoisotopic (exact) mass is 359 g/mol. The molecule has 2 unspecified atom stereocenters. The van der Waals surface area contributed by atoms with Gasteiger partial charge in [0.05, 0.1) is 6.04 Å². The Bertz CT molecular complexity index is 851.